The van der Waals surface area contributed by atoms with E-state index in [9.17, 15) is 13.2 Å². The minimum atomic E-state index is -4.31. The molecule has 1 fully saturated rings. The summed E-state index contributed by atoms with van der Waals surface area (Å²) in [6.45, 7) is 2.73. The van der Waals surface area contributed by atoms with Gasteiger partial charge in [0, 0.05) is 10.5 Å². The van der Waals surface area contributed by atoms with Gasteiger partial charge in [0.05, 0.1) is 5.56 Å². The Hall–Kier alpha value is -0.550. The Morgan fingerprint density at radius 2 is 2.05 bits per heavy atom. The molecular formula is C14H17BrF3N. The third-order valence-corrected chi connectivity index (χ3v) is 4.11. The Bertz CT molecular complexity index is 441. The first-order valence-electron chi connectivity index (χ1n) is 6.51. The fourth-order valence-electron chi connectivity index (χ4n) is 2.25. The Kier molecular flexibility index (Phi) is 4.56. The number of nitrogens with one attached hydrogen (secondary N) is 1. The van der Waals surface area contributed by atoms with Crippen LogP contribution in [0.1, 0.15) is 43.4 Å². The van der Waals surface area contributed by atoms with E-state index in [-0.39, 0.29) is 10.5 Å². The van der Waals surface area contributed by atoms with Crippen molar-refractivity contribution in [3.05, 3.63) is 33.8 Å². The molecule has 1 atom stereocenters. The van der Waals surface area contributed by atoms with Crippen molar-refractivity contribution in [1.82, 2.24) is 5.32 Å². The van der Waals surface area contributed by atoms with E-state index in [4.69, 9.17) is 0 Å². The maximum absolute atomic E-state index is 12.9. The molecule has 106 valence electrons. The van der Waals surface area contributed by atoms with Crippen molar-refractivity contribution in [2.75, 3.05) is 6.54 Å². The van der Waals surface area contributed by atoms with Gasteiger partial charge in [0.1, 0.15) is 0 Å². The van der Waals surface area contributed by atoms with Crippen LogP contribution in [-0.2, 0) is 6.18 Å². The van der Waals surface area contributed by atoms with Crippen LogP contribution in [0.5, 0.6) is 0 Å². The second kappa shape index (κ2) is 5.83. The van der Waals surface area contributed by atoms with Crippen molar-refractivity contribution in [2.45, 2.75) is 38.4 Å². The third-order valence-electron chi connectivity index (χ3n) is 3.41. The van der Waals surface area contributed by atoms with Crippen LogP contribution in [0.25, 0.3) is 0 Å². The van der Waals surface area contributed by atoms with E-state index in [1.807, 2.05) is 6.92 Å². The minimum absolute atomic E-state index is 0.0201. The van der Waals surface area contributed by atoms with Crippen LogP contribution in [-0.4, -0.2) is 6.54 Å². The number of benzene rings is 1. The van der Waals surface area contributed by atoms with Crippen LogP contribution in [0.4, 0.5) is 13.2 Å². The maximum atomic E-state index is 12.9. The second-order valence-corrected chi connectivity index (χ2v) is 5.88. The SMILES string of the molecule is CCNC(CC1CC1)c1ccc(Br)c(C(F)(F)F)c1. The summed E-state index contributed by atoms with van der Waals surface area (Å²) < 4.78 is 38.8. The van der Waals surface area contributed by atoms with Crippen molar-refractivity contribution in [3.8, 4) is 0 Å². The number of alkyl halides is 3. The molecular weight excluding hydrogens is 319 g/mol. The molecule has 0 radical (unpaired) electrons. The molecule has 0 heterocycles. The first-order chi connectivity index (χ1) is 8.91. The van der Waals surface area contributed by atoms with E-state index in [0.717, 1.165) is 18.5 Å². The Balaban J connectivity index is 2.26. The average Bonchev–Trinajstić information content (AvgIpc) is 3.11. The summed E-state index contributed by atoms with van der Waals surface area (Å²) in [5.74, 6) is 0.669. The maximum Gasteiger partial charge on any atom is 0.417 e. The fourth-order valence-corrected chi connectivity index (χ4v) is 2.72. The zero-order chi connectivity index (χ0) is 14.0. The summed E-state index contributed by atoms with van der Waals surface area (Å²) in [6, 6.07) is 4.55. The Morgan fingerprint density at radius 1 is 1.37 bits per heavy atom. The molecule has 0 aromatic heterocycles. The normalized spacial score (nSPS) is 17.5. The molecule has 1 saturated carbocycles. The largest absolute Gasteiger partial charge is 0.417 e. The highest BCUT2D eigenvalue weighted by atomic mass is 79.9. The molecule has 2 rings (SSSR count). The zero-order valence-corrected chi connectivity index (χ0v) is 12.3. The van der Waals surface area contributed by atoms with Crippen LogP contribution in [0, 0.1) is 5.92 Å². The lowest BCUT2D eigenvalue weighted by Crippen LogP contribution is -2.22. The van der Waals surface area contributed by atoms with Crippen LogP contribution in [0.2, 0.25) is 0 Å². The first-order valence-corrected chi connectivity index (χ1v) is 7.31. The molecule has 19 heavy (non-hydrogen) atoms. The standard InChI is InChI=1S/C14H17BrF3N/c1-2-19-13(7-9-3-4-9)10-5-6-12(15)11(8-10)14(16,17)18/h5-6,8-9,13,19H,2-4,7H2,1H3. The predicted octanol–water partition coefficient (Wildman–Crippen LogP) is 4.92. The van der Waals surface area contributed by atoms with Crippen LogP contribution >= 0.6 is 15.9 Å². The number of rotatable bonds is 5. The zero-order valence-electron chi connectivity index (χ0n) is 10.7. The second-order valence-electron chi connectivity index (χ2n) is 5.03. The molecule has 5 heteroatoms. The monoisotopic (exact) mass is 335 g/mol. The van der Waals surface area contributed by atoms with Crippen molar-refractivity contribution in [3.63, 3.8) is 0 Å². The van der Waals surface area contributed by atoms with E-state index >= 15 is 0 Å². The van der Waals surface area contributed by atoms with Gasteiger partial charge in [-0.2, -0.15) is 13.2 Å². The molecule has 1 aromatic carbocycles. The molecule has 0 aliphatic heterocycles. The number of hydrogen-bond acceptors (Lipinski definition) is 1. The van der Waals surface area contributed by atoms with Gasteiger partial charge in [-0.25, -0.2) is 0 Å². The minimum Gasteiger partial charge on any atom is -0.310 e. The topological polar surface area (TPSA) is 12.0 Å². The lowest BCUT2D eigenvalue weighted by molar-refractivity contribution is -0.138. The highest BCUT2D eigenvalue weighted by Gasteiger charge is 2.34. The van der Waals surface area contributed by atoms with E-state index in [1.165, 1.54) is 25.0 Å². The van der Waals surface area contributed by atoms with E-state index in [1.54, 1.807) is 6.07 Å². The van der Waals surface area contributed by atoms with Crippen LogP contribution in [0.3, 0.4) is 0 Å². The van der Waals surface area contributed by atoms with E-state index < -0.39 is 11.7 Å². The summed E-state index contributed by atoms with van der Waals surface area (Å²) in [5, 5.41) is 3.29. The van der Waals surface area contributed by atoms with Crippen LogP contribution in [0.15, 0.2) is 22.7 Å². The average molecular weight is 336 g/mol. The molecule has 1 unspecified atom stereocenters. The molecule has 0 saturated heterocycles. The van der Waals surface area contributed by atoms with E-state index in [2.05, 4.69) is 21.2 Å². The fraction of sp³-hybridized carbons (Fsp3) is 0.571. The lowest BCUT2D eigenvalue weighted by Gasteiger charge is -2.20. The highest BCUT2D eigenvalue weighted by Crippen LogP contribution is 2.40. The molecule has 0 spiro atoms. The summed E-state index contributed by atoms with van der Waals surface area (Å²) in [5.41, 5.74) is 0.132. The van der Waals surface area contributed by atoms with Gasteiger partial charge in [0.25, 0.3) is 0 Å². The summed E-state index contributed by atoms with van der Waals surface area (Å²) in [4.78, 5) is 0. The molecule has 0 amide bonds. The highest BCUT2D eigenvalue weighted by molar-refractivity contribution is 9.10. The Morgan fingerprint density at radius 3 is 2.58 bits per heavy atom. The first kappa shape index (κ1) is 14.9. The van der Waals surface area contributed by atoms with Crippen molar-refractivity contribution >= 4 is 15.9 Å². The lowest BCUT2D eigenvalue weighted by atomic mass is 9.99. The molecule has 1 nitrogen and oxygen atoms in total. The van der Waals surface area contributed by atoms with Gasteiger partial charge in [0.2, 0.25) is 0 Å². The number of hydrogen-bond donors (Lipinski definition) is 1. The predicted molar refractivity (Wildman–Crippen MR) is 72.9 cm³/mol. The van der Waals surface area contributed by atoms with Crippen LogP contribution < -0.4 is 5.32 Å². The van der Waals surface area contributed by atoms with Gasteiger partial charge in [-0.1, -0.05) is 41.8 Å². The molecule has 1 N–H and O–H groups in total. The van der Waals surface area contributed by atoms with Crippen molar-refractivity contribution < 1.29 is 13.2 Å². The van der Waals surface area contributed by atoms with Gasteiger partial charge in [-0.15, -0.1) is 0 Å². The van der Waals surface area contributed by atoms with Gasteiger partial charge < -0.3 is 5.32 Å². The molecule has 1 aliphatic rings. The number of halogens is 4. The van der Waals surface area contributed by atoms with Gasteiger partial charge in [-0.3, -0.25) is 0 Å². The summed E-state index contributed by atoms with van der Waals surface area (Å²) in [7, 11) is 0. The van der Waals surface area contributed by atoms with Gasteiger partial charge >= 0.3 is 6.18 Å². The van der Waals surface area contributed by atoms with E-state index in [0.29, 0.717) is 5.92 Å². The molecule has 1 aliphatic carbocycles. The third kappa shape index (κ3) is 3.96. The molecule has 1 aromatic rings. The van der Waals surface area contributed by atoms with Gasteiger partial charge in [0.15, 0.2) is 0 Å². The summed E-state index contributed by atoms with van der Waals surface area (Å²) >= 11 is 2.98. The smallest absolute Gasteiger partial charge is 0.310 e. The quantitative estimate of drug-likeness (QED) is 0.805. The van der Waals surface area contributed by atoms with Gasteiger partial charge in [-0.05, 0) is 36.6 Å². The Labute approximate surface area is 119 Å². The molecule has 0 bridgehead atoms. The van der Waals surface area contributed by atoms with Crippen molar-refractivity contribution in [1.29, 1.82) is 0 Å². The summed E-state index contributed by atoms with van der Waals surface area (Å²) in [6.07, 6.45) is -0.993. The van der Waals surface area contributed by atoms with Crippen molar-refractivity contribution in [2.24, 2.45) is 5.92 Å².